The Labute approximate surface area is 230 Å². The maximum Gasteiger partial charge on any atom is 0.270 e. The molecular weight excluding hydrogens is 515 g/mol. The predicted octanol–water partition coefficient (Wildman–Crippen LogP) is 6.16. The molecule has 39 heavy (non-hydrogen) atoms. The van der Waals surface area contributed by atoms with Crippen LogP contribution in [0.25, 0.3) is 6.08 Å². The Balaban J connectivity index is 1.58. The van der Waals surface area contributed by atoms with Gasteiger partial charge in [-0.05, 0) is 72.4 Å². The van der Waals surface area contributed by atoms with Gasteiger partial charge in [0.1, 0.15) is 29.5 Å². The summed E-state index contributed by atoms with van der Waals surface area (Å²) >= 11 is 5.66. The number of amides is 2. The summed E-state index contributed by atoms with van der Waals surface area (Å²) in [5.74, 6) is -0.529. The fraction of sp³-hybridized carbons (Fsp3) is 0.0645. The average Bonchev–Trinajstić information content (AvgIpc) is 2.96. The first-order chi connectivity index (χ1) is 19.0. The Morgan fingerprint density at radius 1 is 0.795 bits per heavy atom. The van der Waals surface area contributed by atoms with Crippen LogP contribution >= 0.6 is 12.2 Å². The van der Waals surface area contributed by atoms with Gasteiger partial charge in [0.2, 0.25) is 0 Å². The number of carbonyl (C=O) groups is 2. The highest BCUT2D eigenvalue weighted by molar-refractivity contribution is 7.81. The van der Waals surface area contributed by atoms with E-state index in [0.29, 0.717) is 28.4 Å². The second-order valence-electron chi connectivity index (χ2n) is 8.61. The molecule has 4 aromatic rings. The third-order valence-electron chi connectivity index (χ3n) is 6.11. The number of thiocarbonyl (C=S) groups is 1. The maximum atomic E-state index is 13.8. The van der Waals surface area contributed by atoms with E-state index in [-0.39, 0.29) is 23.1 Å². The van der Waals surface area contributed by atoms with Crippen LogP contribution in [-0.2, 0) is 16.2 Å². The largest absolute Gasteiger partial charge is 0.497 e. The molecule has 0 unspecified atom stereocenters. The number of carbonyl (C=O) groups excluding carboxylic acids is 2. The number of hydrogen-bond acceptors (Lipinski definition) is 5. The number of rotatable bonds is 7. The van der Waals surface area contributed by atoms with Crippen molar-refractivity contribution in [3.63, 3.8) is 0 Å². The lowest BCUT2D eigenvalue weighted by atomic mass is 10.0. The van der Waals surface area contributed by atoms with Gasteiger partial charge in [-0.15, -0.1) is 0 Å². The normalized spacial score (nSPS) is 13.5. The van der Waals surface area contributed by atoms with Crippen molar-refractivity contribution in [1.29, 1.82) is 0 Å². The topological polar surface area (TPSA) is 59.1 Å². The first-order valence-corrected chi connectivity index (χ1v) is 12.5. The van der Waals surface area contributed by atoms with Crippen molar-refractivity contribution in [3.05, 3.63) is 126 Å². The maximum absolute atomic E-state index is 13.8. The fourth-order valence-corrected chi connectivity index (χ4v) is 4.50. The molecule has 0 aromatic heterocycles. The number of para-hydroxylation sites is 2. The summed E-state index contributed by atoms with van der Waals surface area (Å²) in [6, 6.07) is 28.9. The molecule has 0 atom stereocenters. The van der Waals surface area contributed by atoms with Gasteiger partial charge in [0.25, 0.3) is 11.8 Å². The Hall–Kier alpha value is -4.82. The first kappa shape index (κ1) is 25.8. The molecule has 5 rings (SSSR count). The summed E-state index contributed by atoms with van der Waals surface area (Å²) in [5.41, 5.74) is 2.22. The molecule has 0 aliphatic carbocycles. The van der Waals surface area contributed by atoms with Crippen LogP contribution in [0, 0.1) is 5.82 Å². The van der Waals surface area contributed by atoms with Crippen LogP contribution in [0.5, 0.6) is 11.5 Å². The number of halogens is 1. The third-order valence-corrected chi connectivity index (χ3v) is 6.47. The molecule has 1 aliphatic rings. The van der Waals surface area contributed by atoms with E-state index in [0.717, 1.165) is 5.56 Å². The van der Waals surface area contributed by atoms with Crippen LogP contribution in [0.2, 0.25) is 0 Å². The molecule has 0 saturated carbocycles. The van der Waals surface area contributed by atoms with Gasteiger partial charge in [0.15, 0.2) is 5.11 Å². The van der Waals surface area contributed by atoms with Gasteiger partial charge in [0, 0.05) is 11.6 Å². The van der Waals surface area contributed by atoms with Crippen LogP contribution in [-0.4, -0.2) is 24.0 Å². The number of anilines is 2. The zero-order valence-corrected chi connectivity index (χ0v) is 21.7. The van der Waals surface area contributed by atoms with Crippen molar-refractivity contribution in [2.24, 2.45) is 0 Å². The highest BCUT2D eigenvalue weighted by Gasteiger charge is 2.41. The van der Waals surface area contributed by atoms with Crippen LogP contribution in [0.15, 0.2) is 109 Å². The highest BCUT2D eigenvalue weighted by Crippen LogP contribution is 2.33. The SMILES string of the molecule is COc1ccc(C=C2C(=O)N(c3ccccc3)C(=S)N(c3ccccc3)C2=O)c(OCc2ccc(F)cc2)c1. The monoisotopic (exact) mass is 538 g/mol. The van der Waals surface area contributed by atoms with Crippen molar-refractivity contribution >= 4 is 46.6 Å². The summed E-state index contributed by atoms with van der Waals surface area (Å²) in [5, 5.41) is 0.0575. The minimum Gasteiger partial charge on any atom is -0.497 e. The zero-order chi connectivity index (χ0) is 27.4. The second-order valence-corrected chi connectivity index (χ2v) is 8.98. The van der Waals surface area contributed by atoms with Crippen molar-refractivity contribution in [1.82, 2.24) is 0 Å². The number of benzene rings is 4. The molecule has 0 N–H and O–H groups in total. The van der Waals surface area contributed by atoms with E-state index in [9.17, 15) is 14.0 Å². The smallest absolute Gasteiger partial charge is 0.270 e. The molecule has 1 aliphatic heterocycles. The molecule has 0 spiro atoms. The van der Waals surface area contributed by atoms with Crippen molar-refractivity contribution < 1.29 is 23.5 Å². The van der Waals surface area contributed by atoms with Gasteiger partial charge < -0.3 is 9.47 Å². The summed E-state index contributed by atoms with van der Waals surface area (Å²) in [4.78, 5) is 30.3. The van der Waals surface area contributed by atoms with E-state index in [1.54, 1.807) is 78.9 Å². The third kappa shape index (κ3) is 5.42. The summed E-state index contributed by atoms with van der Waals surface area (Å²) in [6.07, 6.45) is 1.50. The van der Waals surface area contributed by atoms with Crippen LogP contribution < -0.4 is 19.3 Å². The molecule has 0 radical (unpaired) electrons. The van der Waals surface area contributed by atoms with Crippen molar-refractivity contribution in [3.8, 4) is 11.5 Å². The minimum atomic E-state index is -0.552. The predicted molar refractivity (Wildman–Crippen MR) is 152 cm³/mol. The van der Waals surface area contributed by atoms with Crippen LogP contribution in [0.3, 0.4) is 0 Å². The quantitative estimate of drug-likeness (QED) is 0.160. The molecule has 4 aromatic carbocycles. The Kier molecular flexibility index (Phi) is 7.47. The summed E-state index contributed by atoms with van der Waals surface area (Å²) in [7, 11) is 1.53. The zero-order valence-electron chi connectivity index (χ0n) is 20.9. The highest BCUT2D eigenvalue weighted by atomic mass is 32.1. The van der Waals surface area contributed by atoms with Crippen LogP contribution in [0.4, 0.5) is 15.8 Å². The number of hydrogen-bond donors (Lipinski definition) is 0. The number of methoxy groups -OCH3 is 1. The lowest BCUT2D eigenvalue weighted by molar-refractivity contribution is -0.120. The van der Waals surface area contributed by atoms with E-state index < -0.39 is 11.8 Å². The van der Waals surface area contributed by atoms with Gasteiger partial charge in [0.05, 0.1) is 18.5 Å². The molecule has 6 nitrogen and oxygen atoms in total. The van der Waals surface area contributed by atoms with E-state index in [2.05, 4.69) is 0 Å². The second kappa shape index (κ2) is 11.3. The summed E-state index contributed by atoms with van der Waals surface area (Å²) < 4.78 is 24.7. The molecule has 1 heterocycles. The van der Waals surface area contributed by atoms with E-state index in [4.69, 9.17) is 21.7 Å². The number of ether oxygens (including phenoxy) is 2. The average molecular weight is 539 g/mol. The Bertz CT molecular complexity index is 1490. The minimum absolute atomic E-state index is 0.0575. The van der Waals surface area contributed by atoms with Crippen LogP contribution in [0.1, 0.15) is 11.1 Å². The van der Waals surface area contributed by atoms with Gasteiger partial charge >= 0.3 is 0 Å². The van der Waals surface area contributed by atoms with Gasteiger partial charge in [-0.1, -0.05) is 48.5 Å². The van der Waals surface area contributed by atoms with E-state index in [1.165, 1.54) is 35.1 Å². The van der Waals surface area contributed by atoms with E-state index >= 15 is 0 Å². The summed E-state index contributed by atoms with van der Waals surface area (Å²) in [6.45, 7) is 0.141. The van der Waals surface area contributed by atoms with Gasteiger partial charge in [-0.25, -0.2) is 4.39 Å². The number of nitrogens with zero attached hydrogens (tertiary/aromatic N) is 2. The van der Waals surface area contributed by atoms with Crippen molar-refractivity contribution in [2.75, 3.05) is 16.9 Å². The standard InChI is InChI=1S/C31H23FN2O4S/c1-37-26-17-14-22(28(19-26)38-20-21-12-15-23(32)16-13-21)18-27-29(35)33(24-8-4-2-5-9-24)31(39)34(30(27)36)25-10-6-3-7-11-25/h2-19H,20H2,1H3. The molecule has 1 fully saturated rings. The molecule has 2 amide bonds. The lowest BCUT2D eigenvalue weighted by Crippen LogP contribution is -2.56. The Morgan fingerprint density at radius 2 is 1.36 bits per heavy atom. The van der Waals surface area contributed by atoms with E-state index in [1.807, 2.05) is 12.1 Å². The van der Waals surface area contributed by atoms with Gasteiger partial charge in [-0.2, -0.15) is 0 Å². The Morgan fingerprint density at radius 3 is 1.90 bits per heavy atom. The molecule has 1 saturated heterocycles. The molecular formula is C31H23FN2O4S. The lowest BCUT2D eigenvalue weighted by Gasteiger charge is -2.36. The molecule has 194 valence electrons. The molecule has 0 bridgehead atoms. The molecule has 8 heteroatoms. The fourth-order valence-electron chi connectivity index (χ4n) is 4.12. The van der Waals surface area contributed by atoms with Crippen molar-refractivity contribution in [2.45, 2.75) is 6.61 Å². The van der Waals surface area contributed by atoms with Gasteiger partial charge in [-0.3, -0.25) is 19.4 Å². The first-order valence-electron chi connectivity index (χ1n) is 12.1.